The number of aliphatic carboxylic acids is 1. The molecule has 114 valence electrons. The molecule has 1 aromatic carbocycles. The van der Waals surface area contributed by atoms with Gasteiger partial charge in [-0.1, -0.05) is 18.2 Å². The molecule has 0 aliphatic rings. The van der Waals surface area contributed by atoms with Crippen molar-refractivity contribution < 1.29 is 19.5 Å². The van der Waals surface area contributed by atoms with E-state index in [9.17, 15) is 14.4 Å². The summed E-state index contributed by atoms with van der Waals surface area (Å²) in [5.74, 6) is -1.12. The van der Waals surface area contributed by atoms with Crippen LogP contribution in [0.3, 0.4) is 0 Å². The topological polar surface area (TPSA) is 98.7 Å². The summed E-state index contributed by atoms with van der Waals surface area (Å²) in [4.78, 5) is 35.3. The summed E-state index contributed by atoms with van der Waals surface area (Å²) in [5, 5.41) is 14.0. The number of carboxylic acids is 1. The molecule has 0 aromatic heterocycles. The van der Waals surface area contributed by atoms with Crippen molar-refractivity contribution in [3.8, 4) is 0 Å². The van der Waals surface area contributed by atoms with Crippen LogP contribution in [0.4, 0.5) is 10.5 Å². The van der Waals surface area contributed by atoms with E-state index in [-0.39, 0.29) is 25.3 Å². The first-order valence-electron chi connectivity index (χ1n) is 6.46. The number of nitrogens with zero attached hydrogens (tertiary/aromatic N) is 1. The highest BCUT2D eigenvalue weighted by Crippen LogP contribution is 2.16. The number of anilines is 1. The van der Waals surface area contributed by atoms with Gasteiger partial charge >= 0.3 is 12.0 Å². The first-order valence-corrected chi connectivity index (χ1v) is 6.46. The van der Waals surface area contributed by atoms with Crippen molar-refractivity contribution in [1.29, 1.82) is 0 Å². The molecule has 1 rings (SSSR count). The Kier molecular flexibility index (Phi) is 6.19. The van der Waals surface area contributed by atoms with Gasteiger partial charge in [0.2, 0.25) is 5.91 Å². The molecule has 0 unspecified atom stereocenters. The van der Waals surface area contributed by atoms with E-state index < -0.39 is 12.0 Å². The molecule has 0 saturated carbocycles. The molecule has 0 heterocycles. The minimum atomic E-state index is -0.968. The van der Waals surface area contributed by atoms with Crippen LogP contribution in [-0.4, -0.2) is 48.6 Å². The SMILES string of the molecule is CNC(=O)CCN(C)C(=O)Nc1ccccc1CC(=O)O. The normalized spacial score (nSPS) is 9.81. The lowest BCUT2D eigenvalue weighted by Crippen LogP contribution is -2.34. The molecule has 7 heteroatoms. The van der Waals surface area contributed by atoms with Crippen molar-refractivity contribution in [2.24, 2.45) is 0 Å². The molecule has 7 nitrogen and oxygen atoms in total. The Labute approximate surface area is 122 Å². The minimum Gasteiger partial charge on any atom is -0.481 e. The lowest BCUT2D eigenvalue weighted by molar-refractivity contribution is -0.136. The standard InChI is InChI=1S/C14H19N3O4/c1-15-12(18)7-8-17(2)14(21)16-11-6-4-3-5-10(11)9-13(19)20/h3-6H,7-9H2,1-2H3,(H,15,18)(H,16,21)(H,19,20). The van der Waals surface area contributed by atoms with E-state index in [1.165, 1.54) is 11.9 Å². The quantitative estimate of drug-likeness (QED) is 0.726. The highest BCUT2D eigenvalue weighted by Gasteiger charge is 2.13. The van der Waals surface area contributed by atoms with Crippen molar-refractivity contribution in [2.75, 3.05) is 26.0 Å². The van der Waals surface area contributed by atoms with Gasteiger partial charge in [0.1, 0.15) is 0 Å². The summed E-state index contributed by atoms with van der Waals surface area (Å²) in [6, 6.07) is 6.32. The summed E-state index contributed by atoms with van der Waals surface area (Å²) in [7, 11) is 3.10. The lowest BCUT2D eigenvalue weighted by Gasteiger charge is -2.18. The van der Waals surface area contributed by atoms with Crippen LogP contribution in [0.5, 0.6) is 0 Å². The number of hydrogen-bond donors (Lipinski definition) is 3. The predicted molar refractivity (Wildman–Crippen MR) is 78.1 cm³/mol. The van der Waals surface area contributed by atoms with Gasteiger partial charge in [0, 0.05) is 32.7 Å². The monoisotopic (exact) mass is 293 g/mol. The van der Waals surface area contributed by atoms with Crippen LogP contribution in [0, 0.1) is 0 Å². The molecule has 0 bridgehead atoms. The molecular formula is C14H19N3O4. The molecule has 0 radical (unpaired) electrons. The maximum absolute atomic E-state index is 12.0. The van der Waals surface area contributed by atoms with Crippen LogP contribution in [0.25, 0.3) is 0 Å². The van der Waals surface area contributed by atoms with Crippen molar-refractivity contribution >= 4 is 23.6 Å². The number of urea groups is 1. The van der Waals surface area contributed by atoms with Crippen LogP contribution >= 0.6 is 0 Å². The summed E-state index contributed by atoms with van der Waals surface area (Å²) in [6.07, 6.45) is 0.0373. The molecule has 0 aliphatic carbocycles. The number of carbonyl (C=O) groups excluding carboxylic acids is 2. The summed E-state index contributed by atoms with van der Waals surface area (Å²) >= 11 is 0. The predicted octanol–water partition coefficient (Wildman–Crippen LogP) is 0.913. The van der Waals surface area contributed by atoms with Gasteiger partial charge < -0.3 is 20.6 Å². The Morgan fingerprint density at radius 1 is 1.24 bits per heavy atom. The lowest BCUT2D eigenvalue weighted by atomic mass is 10.1. The van der Waals surface area contributed by atoms with E-state index in [0.717, 1.165) is 0 Å². The third-order valence-corrected chi connectivity index (χ3v) is 2.90. The fourth-order valence-corrected chi connectivity index (χ4v) is 1.67. The number of hydrogen-bond acceptors (Lipinski definition) is 3. The maximum Gasteiger partial charge on any atom is 0.321 e. The molecule has 3 N–H and O–H groups in total. The summed E-state index contributed by atoms with van der Waals surface area (Å²) in [6.45, 7) is 0.270. The minimum absolute atomic E-state index is 0.152. The maximum atomic E-state index is 12.0. The van der Waals surface area contributed by atoms with Crippen LogP contribution in [-0.2, 0) is 16.0 Å². The molecule has 3 amide bonds. The molecule has 0 aliphatic heterocycles. The Bertz CT molecular complexity index is 531. The zero-order valence-corrected chi connectivity index (χ0v) is 12.0. The third kappa shape index (κ3) is 5.52. The zero-order valence-electron chi connectivity index (χ0n) is 12.0. The smallest absolute Gasteiger partial charge is 0.321 e. The molecule has 1 aromatic rings. The zero-order chi connectivity index (χ0) is 15.8. The van der Waals surface area contributed by atoms with Crippen molar-refractivity contribution in [3.63, 3.8) is 0 Å². The van der Waals surface area contributed by atoms with E-state index in [1.807, 2.05) is 0 Å². The van der Waals surface area contributed by atoms with Gasteiger partial charge in [0.05, 0.1) is 6.42 Å². The highest BCUT2D eigenvalue weighted by atomic mass is 16.4. The number of carboxylic acid groups (broad SMARTS) is 1. The van der Waals surface area contributed by atoms with Gasteiger partial charge in [-0.3, -0.25) is 9.59 Å². The molecule has 0 atom stereocenters. The molecule has 0 spiro atoms. The van der Waals surface area contributed by atoms with E-state index in [1.54, 1.807) is 31.3 Å². The number of benzene rings is 1. The van der Waals surface area contributed by atoms with Gasteiger partial charge in [0.25, 0.3) is 0 Å². The fourth-order valence-electron chi connectivity index (χ4n) is 1.67. The van der Waals surface area contributed by atoms with Crippen molar-refractivity contribution in [2.45, 2.75) is 12.8 Å². The van der Waals surface area contributed by atoms with Crippen LogP contribution in [0.1, 0.15) is 12.0 Å². The van der Waals surface area contributed by atoms with Crippen LogP contribution in [0.2, 0.25) is 0 Å². The Morgan fingerprint density at radius 3 is 2.52 bits per heavy atom. The second-order valence-corrected chi connectivity index (χ2v) is 4.50. The molecule has 21 heavy (non-hydrogen) atoms. The Balaban J connectivity index is 2.65. The molecule has 0 fully saturated rings. The number of amides is 3. The number of carbonyl (C=O) groups is 3. The van der Waals surface area contributed by atoms with Gasteiger partial charge in [0.15, 0.2) is 0 Å². The number of para-hydroxylation sites is 1. The van der Waals surface area contributed by atoms with Crippen molar-refractivity contribution in [3.05, 3.63) is 29.8 Å². The molecular weight excluding hydrogens is 274 g/mol. The van der Waals surface area contributed by atoms with Gasteiger partial charge in [-0.2, -0.15) is 0 Å². The van der Waals surface area contributed by atoms with Gasteiger partial charge in [-0.05, 0) is 11.6 Å². The second-order valence-electron chi connectivity index (χ2n) is 4.50. The van der Waals surface area contributed by atoms with Crippen LogP contribution in [0.15, 0.2) is 24.3 Å². The number of nitrogens with one attached hydrogen (secondary N) is 2. The summed E-state index contributed by atoms with van der Waals surface area (Å²) in [5.41, 5.74) is 0.981. The first kappa shape index (κ1) is 16.5. The average Bonchev–Trinajstić information content (AvgIpc) is 2.45. The van der Waals surface area contributed by atoms with E-state index in [0.29, 0.717) is 11.3 Å². The van der Waals surface area contributed by atoms with E-state index in [4.69, 9.17) is 5.11 Å². The summed E-state index contributed by atoms with van der Waals surface area (Å²) < 4.78 is 0. The first-order chi connectivity index (χ1) is 9.93. The molecule has 0 saturated heterocycles. The second kappa shape index (κ2) is 7.88. The average molecular weight is 293 g/mol. The Hall–Kier alpha value is -2.57. The largest absolute Gasteiger partial charge is 0.481 e. The van der Waals surface area contributed by atoms with Gasteiger partial charge in [-0.25, -0.2) is 4.79 Å². The third-order valence-electron chi connectivity index (χ3n) is 2.90. The number of rotatable bonds is 6. The Morgan fingerprint density at radius 2 is 1.90 bits per heavy atom. The van der Waals surface area contributed by atoms with Crippen molar-refractivity contribution in [1.82, 2.24) is 10.2 Å². The van der Waals surface area contributed by atoms with E-state index in [2.05, 4.69) is 10.6 Å². The fraction of sp³-hybridized carbons (Fsp3) is 0.357. The highest BCUT2D eigenvalue weighted by molar-refractivity contribution is 5.91. The van der Waals surface area contributed by atoms with Gasteiger partial charge in [-0.15, -0.1) is 0 Å². The van der Waals surface area contributed by atoms with E-state index >= 15 is 0 Å². The van der Waals surface area contributed by atoms with Crippen LogP contribution < -0.4 is 10.6 Å².